The Morgan fingerprint density at radius 3 is 2.94 bits per heavy atom. The maximum absolute atomic E-state index is 12.8. The summed E-state index contributed by atoms with van der Waals surface area (Å²) in [5.41, 5.74) is 1.19. The minimum atomic E-state index is -0.841. The quantitative estimate of drug-likeness (QED) is 0.875. The van der Waals surface area contributed by atoms with Gasteiger partial charge in [0.15, 0.2) is 0 Å². The highest BCUT2D eigenvalue weighted by atomic mass is 19.1. The van der Waals surface area contributed by atoms with Gasteiger partial charge in [-0.25, -0.2) is 4.39 Å². The molecule has 1 aromatic carbocycles. The molecule has 1 heterocycles. The van der Waals surface area contributed by atoms with E-state index in [0.29, 0.717) is 30.2 Å². The highest BCUT2D eigenvalue weighted by molar-refractivity contribution is 5.87. The molecule has 0 amide bonds. The molecule has 2 N–H and O–H groups in total. The molecule has 0 saturated carbocycles. The molecule has 2 rings (SSSR count). The highest BCUT2D eigenvalue weighted by Crippen LogP contribution is 2.26. The number of phenolic OH excluding ortho intramolecular Hbond substituents is 1. The van der Waals surface area contributed by atoms with Crippen LogP contribution in [0, 0.1) is 0 Å². The molecule has 0 radical (unpaired) electrons. The lowest BCUT2D eigenvalue weighted by molar-refractivity contribution is 0.334. The van der Waals surface area contributed by atoms with E-state index >= 15 is 0 Å². The van der Waals surface area contributed by atoms with Crippen LogP contribution in [0.1, 0.15) is 25.3 Å². The zero-order chi connectivity index (χ0) is 13.1. The van der Waals surface area contributed by atoms with Gasteiger partial charge >= 0.3 is 0 Å². The molecular formula is C14H16FNO2. The molecule has 4 heteroatoms. The Balaban J connectivity index is 2.39. The fourth-order valence-electron chi connectivity index (χ4n) is 2.15. The molecular weight excluding hydrogens is 233 g/mol. The summed E-state index contributed by atoms with van der Waals surface area (Å²) < 4.78 is 12.8. The number of aromatic nitrogens is 1. The van der Waals surface area contributed by atoms with Crippen molar-refractivity contribution in [3.05, 3.63) is 40.2 Å². The zero-order valence-corrected chi connectivity index (χ0v) is 10.2. The highest BCUT2D eigenvalue weighted by Gasteiger charge is 2.08. The summed E-state index contributed by atoms with van der Waals surface area (Å²) in [6, 6.07) is 6.49. The SMILES string of the molecule is CC(F)CCCc1cc(=O)[nH]c2cccc(O)c12. The number of fused-ring (bicyclic) bond motifs is 1. The van der Waals surface area contributed by atoms with E-state index < -0.39 is 6.17 Å². The molecule has 1 aromatic heterocycles. The Morgan fingerprint density at radius 2 is 2.22 bits per heavy atom. The first kappa shape index (κ1) is 12.6. The fraction of sp³-hybridized carbons (Fsp3) is 0.357. The van der Waals surface area contributed by atoms with Crippen LogP contribution < -0.4 is 5.56 Å². The molecule has 0 fully saturated rings. The van der Waals surface area contributed by atoms with Crippen LogP contribution in [0.3, 0.4) is 0 Å². The Kier molecular flexibility index (Phi) is 3.65. The minimum Gasteiger partial charge on any atom is -0.507 e. The van der Waals surface area contributed by atoms with Gasteiger partial charge in [0, 0.05) is 11.5 Å². The number of hydrogen-bond donors (Lipinski definition) is 2. The minimum absolute atomic E-state index is 0.145. The smallest absolute Gasteiger partial charge is 0.248 e. The molecule has 0 aliphatic carbocycles. The number of phenols is 1. The van der Waals surface area contributed by atoms with Crippen LogP contribution in [0.2, 0.25) is 0 Å². The van der Waals surface area contributed by atoms with Crippen LogP contribution in [-0.2, 0) is 6.42 Å². The Bertz CT molecular complexity index is 604. The van der Waals surface area contributed by atoms with Crippen molar-refractivity contribution >= 4 is 10.9 Å². The van der Waals surface area contributed by atoms with Gasteiger partial charge in [-0.15, -0.1) is 0 Å². The van der Waals surface area contributed by atoms with Gasteiger partial charge in [0.05, 0.1) is 11.7 Å². The molecule has 0 saturated heterocycles. The Labute approximate surface area is 104 Å². The van der Waals surface area contributed by atoms with Gasteiger partial charge in [-0.3, -0.25) is 4.79 Å². The third-order valence-electron chi connectivity index (χ3n) is 2.97. The van der Waals surface area contributed by atoms with E-state index in [1.807, 2.05) is 0 Å². The number of aromatic amines is 1. The van der Waals surface area contributed by atoms with E-state index in [1.165, 1.54) is 13.0 Å². The predicted molar refractivity (Wildman–Crippen MR) is 69.7 cm³/mol. The molecule has 96 valence electrons. The van der Waals surface area contributed by atoms with Crippen LogP contribution >= 0.6 is 0 Å². The third kappa shape index (κ3) is 2.70. The molecule has 2 aromatic rings. The number of nitrogens with one attached hydrogen (secondary N) is 1. The number of halogens is 1. The van der Waals surface area contributed by atoms with Crippen molar-refractivity contribution < 1.29 is 9.50 Å². The van der Waals surface area contributed by atoms with Gasteiger partial charge in [-0.2, -0.15) is 0 Å². The van der Waals surface area contributed by atoms with E-state index in [-0.39, 0.29) is 11.3 Å². The number of hydrogen-bond acceptors (Lipinski definition) is 2. The van der Waals surface area contributed by atoms with Crippen molar-refractivity contribution in [2.24, 2.45) is 0 Å². The molecule has 3 nitrogen and oxygen atoms in total. The first-order valence-electron chi connectivity index (χ1n) is 6.06. The normalized spacial score (nSPS) is 12.8. The topological polar surface area (TPSA) is 53.1 Å². The van der Waals surface area contributed by atoms with Crippen molar-refractivity contribution in [1.82, 2.24) is 4.98 Å². The number of H-pyrrole nitrogens is 1. The lowest BCUT2D eigenvalue weighted by Gasteiger charge is -2.08. The molecule has 0 aliphatic heterocycles. The van der Waals surface area contributed by atoms with Crippen LogP contribution in [0.15, 0.2) is 29.1 Å². The average Bonchev–Trinajstić information content (AvgIpc) is 2.27. The van der Waals surface area contributed by atoms with Gasteiger partial charge in [0.2, 0.25) is 5.56 Å². The summed E-state index contributed by atoms with van der Waals surface area (Å²) in [6.07, 6.45) is 0.866. The van der Waals surface area contributed by atoms with E-state index in [4.69, 9.17) is 0 Å². The van der Waals surface area contributed by atoms with E-state index in [2.05, 4.69) is 4.98 Å². The van der Waals surface area contributed by atoms with Crippen molar-refractivity contribution in [3.63, 3.8) is 0 Å². The Morgan fingerprint density at radius 1 is 1.44 bits per heavy atom. The molecule has 18 heavy (non-hydrogen) atoms. The number of aromatic hydroxyl groups is 1. The number of alkyl halides is 1. The van der Waals surface area contributed by atoms with Crippen molar-refractivity contribution in [1.29, 1.82) is 0 Å². The number of pyridine rings is 1. The Hall–Kier alpha value is -1.84. The lowest BCUT2D eigenvalue weighted by Crippen LogP contribution is -2.07. The fourth-order valence-corrected chi connectivity index (χ4v) is 2.15. The second-order valence-electron chi connectivity index (χ2n) is 4.53. The van der Waals surface area contributed by atoms with Crippen molar-refractivity contribution in [3.8, 4) is 5.75 Å². The predicted octanol–water partition coefficient (Wildman–Crippen LogP) is 2.91. The first-order chi connectivity index (χ1) is 8.58. The van der Waals surface area contributed by atoms with E-state index in [1.54, 1.807) is 18.2 Å². The standard InChI is InChI=1S/C14H16FNO2/c1-9(15)4-2-5-10-8-13(18)16-11-6-3-7-12(17)14(10)11/h3,6-9,17H,2,4-5H2,1H3,(H,16,18). The van der Waals surface area contributed by atoms with E-state index in [0.717, 1.165) is 5.56 Å². The lowest BCUT2D eigenvalue weighted by atomic mass is 10.0. The number of benzene rings is 1. The summed E-state index contributed by atoms with van der Waals surface area (Å²) in [4.78, 5) is 14.2. The summed E-state index contributed by atoms with van der Waals surface area (Å²) in [7, 11) is 0. The van der Waals surface area contributed by atoms with Crippen LogP contribution in [0.5, 0.6) is 5.75 Å². The van der Waals surface area contributed by atoms with Gasteiger partial charge in [-0.05, 0) is 43.9 Å². The summed E-state index contributed by atoms with van der Waals surface area (Å²) in [5, 5.41) is 10.5. The maximum atomic E-state index is 12.8. The van der Waals surface area contributed by atoms with Crippen LogP contribution in [-0.4, -0.2) is 16.3 Å². The average molecular weight is 249 g/mol. The summed E-state index contributed by atoms with van der Waals surface area (Å²) in [6.45, 7) is 1.52. The van der Waals surface area contributed by atoms with Gasteiger partial charge < -0.3 is 10.1 Å². The first-order valence-corrected chi connectivity index (χ1v) is 6.06. The second-order valence-corrected chi connectivity index (χ2v) is 4.53. The van der Waals surface area contributed by atoms with Crippen molar-refractivity contribution in [2.45, 2.75) is 32.4 Å². The summed E-state index contributed by atoms with van der Waals surface area (Å²) in [5.74, 6) is 0.145. The number of aryl methyl sites for hydroxylation is 1. The maximum Gasteiger partial charge on any atom is 0.248 e. The largest absolute Gasteiger partial charge is 0.507 e. The molecule has 0 bridgehead atoms. The third-order valence-corrected chi connectivity index (χ3v) is 2.97. The monoisotopic (exact) mass is 249 g/mol. The zero-order valence-electron chi connectivity index (χ0n) is 10.2. The van der Waals surface area contributed by atoms with Gasteiger partial charge in [-0.1, -0.05) is 6.07 Å². The molecule has 0 spiro atoms. The van der Waals surface area contributed by atoms with Crippen molar-refractivity contribution in [2.75, 3.05) is 0 Å². The molecule has 0 aliphatic rings. The van der Waals surface area contributed by atoms with E-state index in [9.17, 15) is 14.3 Å². The van der Waals surface area contributed by atoms with Gasteiger partial charge in [0.1, 0.15) is 5.75 Å². The molecule has 1 atom stereocenters. The summed E-state index contributed by atoms with van der Waals surface area (Å²) >= 11 is 0. The molecule has 1 unspecified atom stereocenters. The second kappa shape index (κ2) is 5.21. The van der Waals surface area contributed by atoms with Crippen LogP contribution in [0.4, 0.5) is 4.39 Å². The van der Waals surface area contributed by atoms with Crippen LogP contribution in [0.25, 0.3) is 10.9 Å². The van der Waals surface area contributed by atoms with Gasteiger partial charge in [0.25, 0.3) is 0 Å². The number of rotatable bonds is 4.